The first-order chi connectivity index (χ1) is 13.2. The molecule has 4 rings (SSSR count). The highest BCUT2D eigenvalue weighted by molar-refractivity contribution is 5.93. The van der Waals surface area contributed by atoms with Crippen LogP contribution in [0.2, 0.25) is 0 Å². The minimum absolute atomic E-state index is 0.00683. The maximum Gasteiger partial charge on any atom is 0.246 e. The second kappa shape index (κ2) is 7.74. The van der Waals surface area contributed by atoms with Crippen molar-refractivity contribution in [2.75, 3.05) is 18.4 Å². The summed E-state index contributed by atoms with van der Waals surface area (Å²) in [7, 11) is 0. The number of nitrogens with one attached hydrogen (secondary N) is 1. The Morgan fingerprint density at radius 3 is 2.70 bits per heavy atom. The number of likely N-dealkylation sites (tertiary alicyclic amines) is 1. The van der Waals surface area contributed by atoms with Crippen LogP contribution in [0.5, 0.6) is 0 Å². The Labute approximate surface area is 159 Å². The quantitative estimate of drug-likeness (QED) is 0.853. The molecule has 2 amide bonds. The number of hydrogen-bond donors (Lipinski definition) is 1. The van der Waals surface area contributed by atoms with Crippen LogP contribution in [0.1, 0.15) is 41.9 Å². The van der Waals surface area contributed by atoms with Gasteiger partial charge >= 0.3 is 0 Å². The summed E-state index contributed by atoms with van der Waals surface area (Å²) >= 11 is 0. The van der Waals surface area contributed by atoms with Gasteiger partial charge in [-0.3, -0.25) is 9.59 Å². The SMILES string of the molecule is O=C1CCc2cc(C=CC(=O)N3CCC(c4ccccc4)CC3)cnc2N1. The molecule has 0 spiro atoms. The number of anilines is 1. The fourth-order valence-electron chi connectivity index (χ4n) is 3.80. The highest BCUT2D eigenvalue weighted by atomic mass is 16.2. The molecular weight excluding hydrogens is 338 g/mol. The summed E-state index contributed by atoms with van der Waals surface area (Å²) in [6, 6.07) is 12.5. The van der Waals surface area contributed by atoms with Crippen LogP contribution in [-0.2, 0) is 16.0 Å². The third-order valence-corrected chi connectivity index (χ3v) is 5.36. The molecule has 0 aliphatic carbocycles. The molecule has 1 aromatic carbocycles. The highest BCUT2D eigenvalue weighted by Gasteiger charge is 2.22. The van der Waals surface area contributed by atoms with Crippen molar-refractivity contribution in [1.29, 1.82) is 0 Å². The van der Waals surface area contributed by atoms with Crippen molar-refractivity contribution in [3.05, 3.63) is 65.4 Å². The largest absolute Gasteiger partial charge is 0.339 e. The number of carbonyl (C=O) groups excluding carboxylic acids is 2. The van der Waals surface area contributed by atoms with Gasteiger partial charge in [0.05, 0.1) is 0 Å². The van der Waals surface area contributed by atoms with Gasteiger partial charge in [0.25, 0.3) is 0 Å². The second-order valence-electron chi connectivity index (χ2n) is 7.17. The smallest absolute Gasteiger partial charge is 0.246 e. The van der Waals surface area contributed by atoms with Gasteiger partial charge in [0, 0.05) is 31.8 Å². The third-order valence-electron chi connectivity index (χ3n) is 5.36. The van der Waals surface area contributed by atoms with Gasteiger partial charge in [0.15, 0.2) is 0 Å². The number of fused-ring (bicyclic) bond motifs is 1. The lowest BCUT2D eigenvalue weighted by Gasteiger charge is -2.31. The van der Waals surface area contributed by atoms with Crippen LogP contribution in [0.3, 0.4) is 0 Å². The molecule has 1 aromatic heterocycles. The molecule has 0 radical (unpaired) electrons. The number of piperidine rings is 1. The number of rotatable bonds is 3. The molecule has 2 aliphatic heterocycles. The molecule has 27 heavy (non-hydrogen) atoms. The molecule has 0 saturated carbocycles. The van der Waals surface area contributed by atoms with Gasteiger partial charge in [-0.1, -0.05) is 30.3 Å². The first kappa shape index (κ1) is 17.5. The van der Waals surface area contributed by atoms with Crippen molar-refractivity contribution in [1.82, 2.24) is 9.88 Å². The van der Waals surface area contributed by atoms with E-state index in [1.54, 1.807) is 12.3 Å². The van der Waals surface area contributed by atoms with Crippen molar-refractivity contribution in [3.63, 3.8) is 0 Å². The minimum atomic E-state index is 0.00683. The summed E-state index contributed by atoms with van der Waals surface area (Å²) in [6.45, 7) is 1.58. The Morgan fingerprint density at radius 2 is 1.93 bits per heavy atom. The molecule has 2 aromatic rings. The summed E-state index contributed by atoms with van der Waals surface area (Å²) in [6.07, 6.45) is 8.32. The second-order valence-corrected chi connectivity index (χ2v) is 7.17. The number of aryl methyl sites for hydroxylation is 1. The van der Waals surface area contributed by atoms with Crippen LogP contribution in [0.15, 0.2) is 48.7 Å². The maximum atomic E-state index is 12.5. The molecule has 3 heterocycles. The van der Waals surface area contributed by atoms with Crippen molar-refractivity contribution >= 4 is 23.7 Å². The topological polar surface area (TPSA) is 62.3 Å². The Morgan fingerprint density at radius 1 is 1.15 bits per heavy atom. The molecule has 1 N–H and O–H groups in total. The van der Waals surface area contributed by atoms with E-state index < -0.39 is 0 Å². The maximum absolute atomic E-state index is 12.5. The fourth-order valence-corrected chi connectivity index (χ4v) is 3.80. The van der Waals surface area contributed by atoms with E-state index in [0.29, 0.717) is 24.6 Å². The van der Waals surface area contributed by atoms with E-state index in [9.17, 15) is 9.59 Å². The predicted molar refractivity (Wildman–Crippen MR) is 105 cm³/mol. The van der Waals surface area contributed by atoms with Gasteiger partial charge < -0.3 is 10.2 Å². The number of hydrogen-bond acceptors (Lipinski definition) is 3. The Bertz CT molecular complexity index is 868. The van der Waals surface area contributed by atoms with E-state index in [2.05, 4.69) is 34.6 Å². The van der Waals surface area contributed by atoms with E-state index >= 15 is 0 Å². The van der Waals surface area contributed by atoms with Crippen LogP contribution < -0.4 is 5.32 Å². The highest BCUT2D eigenvalue weighted by Crippen LogP contribution is 2.28. The summed E-state index contributed by atoms with van der Waals surface area (Å²) < 4.78 is 0. The molecule has 0 atom stereocenters. The molecule has 1 fully saturated rings. The van der Waals surface area contributed by atoms with Crippen LogP contribution in [0, 0.1) is 0 Å². The van der Waals surface area contributed by atoms with Crippen LogP contribution in [0.25, 0.3) is 6.08 Å². The van der Waals surface area contributed by atoms with Crippen molar-refractivity contribution in [2.45, 2.75) is 31.6 Å². The van der Waals surface area contributed by atoms with Crippen LogP contribution >= 0.6 is 0 Å². The number of aromatic nitrogens is 1. The lowest BCUT2D eigenvalue weighted by atomic mass is 9.89. The summed E-state index contributed by atoms with van der Waals surface area (Å²) in [5, 5.41) is 2.77. The molecule has 1 saturated heterocycles. The van der Waals surface area contributed by atoms with Crippen LogP contribution in [-0.4, -0.2) is 34.8 Å². The van der Waals surface area contributed by atoms with E-state index in [1.165, 1.54) is 5.56 Å². The third kappa shape index (κ3) is 4.08. The van der Waals surface area contributed by atoms with Gasteiger partial charge in [-0.05, 0) is 54.0 Å². The predicted octanol–water partition coefficient (Wildman–Crippen LogP) is 3.39. The lowest BCUT2D eigenvalue weighted by Crippen LogP contribution is -2.36. The summed E-state index contributed by atoms with van der Waals surface area (Å²) in [4.78, 5) is 30.1. The van der Waals surface area contributed by atoms with Gasteiger partial charge in [-0.25, -0.2) is 4.98 Å². The molecule has 5 heteroatoms. The Hall–Kier alpha value is -2.95. The molecule has 5 nitrogen and oxygen atoms in total. The van der Waals surface area contributed by atoms with Crippen molar-refractivity contribution in [2.24, 2.45) is 0 Å². The summed E-state index contributed by atoms with van der Waals surface area (Å²) in [5.74, 6) is 1.23. The monoisotopic (exact) mass is 361 g/mol. The van der Waals surface area contributed by atoms with E-state index in [1.807, 2.05) is 23.1 Å². The number of nitrogens with zero attached hydrogens (tertiary/aromatic N) is 2. The molecule has 0 unspecified atom stereocenters. The Kier molecular flexibility index (Phi) is 5.01. The minimum Gasteiger partial charge on any atom is -0.339 e. The van der Waals surface area contributed by atoms with E-state index in [0.717, 1.165) is 37.1 Å². The lowest BCUT2D eigenvalue weighted by molar-refractivity contribution is -0.127. The average molecular weight is 361 g/mol. The first-order valence-corrected chi connectivity index (χ1v) is 9.50. The molecule has 2 aliphatic rings. The molecule has 0 bridgehead atoms. The van der Waals surface area contributed by atoms with Crippen LogP contribution in [0.4, 0.5) is 5.82 Å². The Balaban J connectivity index is 1.35. The zero-order chi connectivity index (χ0) is 18.6. The molecule has 138 valence electrons. The number of pyridine rings is 1. The standard InChI is InChI=1S/C22H23N3O2/c26-20-8-7-19-14-16(15-23-22(19)24-20)6-9-21(27)25-12-10-18(11-13-25)17-4-2-1-3-5-17/h1-6,9,14-15,18H,7-8,10-13H2,(H,23,24,26). The van der Waals surface area contributed by atoms with Gasteiger partial charge in [-0.2, -0.15) is 0 Å². The summed E-state index contributed by atoms with van der Waals surface area (Å²) in [5.41, 5.74) is 3.28. The van der Waals surface area contributed by atoms with Gasteiger partial charge in [0.1, 0.15) is 5.82 Å². The number of carbonyl (C=O) groups is 2. The zero-order valence-corrected chi connectivity index (χ0v) is 15.2. The zero-order valence-electron chi connectivity index (χ0n) is 15.2. The van der Waals surface area contributed by atoms with Gasteiger partial charge in [-0.15, -0.1) is 0 Å². The van der Waals surface area contributed by atoms with Gasteiger partial charge in [0.2, 0.25) is 11.8 Å². The normalized spacial score (nSPS) is 17.6. The average Bonchev–Trinajstić information content (AvgIpc) is 2.72. The number of benzene rings is 1. The first-order valence-electron chi connectivity index (χ1n) is 9.50. The van der Waals surface area contributed by atoms with E-state index in [-0.39, 0.29) is 11.8 Å². The molecular formula is C22H23N3O2. The van der Waals surface area contributed by atoms with Crippen molar-refractivity contribution in [3.8, 4) is 0 Å². The fraction of sp³-hybridized carbons (Fsp3) is 0.318. The van der Waals surface area contributed by atoms with Crippen molar-refractivity contribution < 1.29 is 9.59 Å². The van der Waals surface area contributed by atoms with E-state index in [4.69, 9.17) is 0 Å². The number of amides is 2.